The van der Waals surface area contributed by atoms with Gasteiger partial charge in [-0.1, -0.05) is 45.9 Å². The third kappa shape index (κ3) is 4.66. The molecule has 1 fully saturated rings. The number of aliphatic imine (C=N–C) groups is 1. The van der Waals surface area contributed by atoms with Gasteiger partial charge in [0.2, 0.25) is 0 Å². The van der Waals surface area contributed by atoms with Gasteiger partial charge in [-0.05, 0) is 53.7 Å². The summed E-state index contributed by atoms with van der Waals surface area (Å²) in [6.45, 7) is 14.0. The number of nitrogens with zero attached hydrogens (tertiary/aromatic N) is 3. The number of nitrogens with two attached hydrogens (primary N) is 1. The molecule has 1 aliphatic carbocycles. The first kappa shape index (κ1) is 23.5. The molecular weight excluding hydrogens is 396 g/mol. The van der Waals surface area contributed by atoms with Crippen molar-refractivity contribution in [3.63, 3.8) is 0 Å². The van der Waals surface area contributed by atoms with E-state index in [0.717, 1.165) is 51.1 Å². The SMILES string of the molecule is CC1(C)CCC(C)(C)c2cc(C3=CCC(N4CCC(N(CCN)CCO)CC4)=N3)ccc21. The maximum Gasteiger partial charge on any atom is 0.109 e. The van der Waals surface area contributed by atoms with E-state index in [1.807, 2.05) is 0 Å². The van der Waals surface area contributed by atoms with Gasteiger partial charge in [0.05, 0.1) is 12.3 Å². The zero-order chi connectivity index (χ0) is 22.9. The number of hydrogen-bond acceptors (Lipinski definition) is 5. The second-order valence-electron chi connectivity index (χ2n) is 11.1. The lowest BCUT2D eigenvalue weighted by molar-refractivity contribution is 0.113. The van der Waals surface area contributed by atoms with Crippen molar-refractivity contribution in [3.8, 4) is 0 Å². The molecule has 0 saturated carbocycles. The van der Waals surface area contributed by atoms with Gasteiger partial charge in [-0.3, -0.25) is 4.90 Å². The first-order valence-corrected chi connectivity index (χ1v) is 12.5. The molecule has 3 aliphatic rings. The lowest BCUT2D eigenvalue weighted by Gasteiger charge is -2.42. The first-order chi connectivity index (χ1) is 15.2. The average molecular weight is 439 g/mol. The molecule has 0 bridgehead atoms. The van der Waals surface area contributed by atoms with E-state index in [2.05, 4.69) is 61.8 Å². The monoisotopic (exact) mass is 438 g/mol. The standard InChI is InChI=1S/C27H42N4O/c1-26(2)11-12-27(3,4)23-19-20(5-6-22(23)26)24-7-8-25(29-24)31-14-9-21(10-15-31)30(16-13-28)17-18-32/h5-7,19,21,32H,8-18,28H2,1-4H3. The Balaban J connectivity index is 1.45. The molecule has 0 unspecified atom stereocenters. The van der Waals surface area contributed by atoms with E-state index in [-0.39, 0.29) is 17.4 Å². The Hall–Kier alpha value is -1.69. The molecule has 0 atom stereocenters. The minimum absolute atomic E-state index is 0.203. The zero-order valence-corrected chi connectivity index (χ0v) is 20.5. The molecule has 32 heavy (non-hydrogen) atoms. The van der Waals surface area contributed by atoms with Gasteiger partial charge in [-0.15, -0.1) is 0 Å². The van der Waals surface area contributed by atoms with Gasteiger partial charge >= 0.3 is 0 Å². The van der Waals surface area contributed by atoms with Crippen LogP contribution in [0.1, 0.15) is 76.5 Å². The molecule has 1 saturated heterocycles. The van der Waals surface area contributed by atoms with Crippen molar-refractivity contribution in [1.29, 1.82) is 0 Å². The van der Waals surface area contributed by atoms with Gasteiger partial charge in [-0.2, -0.15) is 0 Å². The summed E-state index contributed by atoms with van der Waals surface area (Å²) in [5.74, 6) is 1.21. The Morgan fingerprint density at radius 2 is 1.75 bits per heavy atom. The lowest BCUT2D eigenvalue weighted by Crippen LogP contribution is -2.48. The third-order valence-electron chi connectivity index (χ3n) is 8.03. The Labute approximate surface area is 194 Å². The van der Waals surface area contributed by atoms with Crippen LogP contribution in [-0.4, -0.2) is 66.1 Å². The van der Waals surface area contributed by atoms with E-state index >= 15 is 0 Å². The van der Waals surface area contributed by atoms with Crippen LogP contribution in [0.5, 0.6) is 0 Å². The van der Waals surface area contributed by atoms with Gasteiger partial charge in [0.15, 0.2) is 0 Å². The Morgan fingerprint density at radius 3 is 2.41 bits per heavy atom. The number of aliphatic hydroxyl groups is 1. The average Bonchev–Trinajstić information content (AvgIpc) is 3.27. The van der Waals surface area contributed by atoms with E-state index in [1.165, 1.54) is 35.4 Å². The molecule has 1 aromatic rings. The highest BCUT2D eigenvalue weighted by Gasteiger charge is 2.37. The van der Waals surface area contributed by atoms with Crippen LogP contribution in [0.2, 0.25) is 0 Å². The molecule has 5 nitrogen and oxygen atoms in total. The molecule has 4 rings (SSSR count). The van der Waals surface area contributed by atoms with Crippen LogP contribution in [-0.2, 0) is 10.8 Å². The number of amidine groups is 1. The maximum absolute atomic E-state index is 9.37. The van der Waals surface area contributed by atoms with E-state index in [4.69, 9.17) is 10.7 Å². The van der Waals surface area contributed by atoms with E-state index in [1.54, 1.807) is 0 Å². The molecule has 0 spiro atoms. The molecule has 176 valence electrons. The summed E-state index contributed by atoms with van der Waals surface area (Å²) in [5, 5.41) is 9.37. The van der Waals surface area contributed by atoms with Crippen LogP contribution in [0.3, 0.4) is 0 Å². The highest BCUT2D eigenvalue weighted by atomic mass is 16.3. The lowest BCUT2D eigenvalue weighted by atomic mass is 9.63. The fourth-order valence-corrected chi connectivity index (χ4v) is 5.81. The minimum atomic E-state index is 0.203. The minimum Gasteiger partial charge on any atom is -0.395 e. The molecule has 2 aliphatic heterocycles. The van der Waals surface area contributed by atoms with Gasteiger partial charge in [0, 0.05) is 50.7 Å². The first-order valence-electron chi connectivity index (χ1n) is 12.5. The summed E-state index contributed by atoms with van der Waals surface area (Å²) in [6.07, 6.45) is 7.92. The summed E-state index contributed by atoms with van der Waals surface area (Å²) in [5.41, 5.74) is 11.7. The molecule has 2 heterocycles. The second kappa shape index (κ2) is 9.28. The predicted octanol–water partition coefficient (Wildman–Crippen LogP) is 3.90. The van der Waals surface area contributed by atoms with Crippen LogP contribution < -0.4 is 5.73 Å². The van der Waals surface area contributed by atoms with Crippen molar-refractivity contribution in [2.75, 3.05) is 39.3 Å². The fourth-order valence-electron chi connectivity index (χ4n) is 5.81. The van der Waals surface area contributed by atoms with Gasteiger partial charge < -0.3 is 15.7 Å². The molecule has 3 N–H and O–H groups in total. The molecule has 0 amide bonds. The molecular formula is C27H42N4O. The quantitative estimate of drug-likeness (QED) is 0.707. The fraction of sp³-hybridized carbons (Fsp3) is 0.667. The Kier molecular flexibility index (Phi) is 6.81. The number of fused-ring (bicyclic) bond motifs is 1. The zero-order valence-electron chi connectivity index (χ0n) is 20.5. The highest BCUT2D eigenvalue weighted by molar-refractivity contribution is 5.94. The van der Waals surface area contributed by atoms with Crippen molar-refractivity contribution in [2.45, 2.75) is 76.7 Å². The maximum atomic E-state index is 9.37. The van der Waals surface area contributed by atoms with Crippen LogP contribution >= 0.6 is 0 Å². The van der Waals surface area contributed by atoms with Crippen LogP contribution in [0, 0.1) is 0 Å². The number of likely N-dealkylation sites (tertiary alicyclic amines) is 1. The van der Waals surface area contributed by atoms with E-state index in [0.29, 0.717) is 12.6 Å². The van der Waals surface area contributed by atoms with Gasteiger partial charge in [0.25, 0.3) is 0 Å². The van der Waals surface area contributed by atoms with Crippen molar-refractivity contribution < 1.29 is 5.11 Å². The van der Waals surface area contributed by atoms with E-state index < -0.39 is 0 Å². The van der Waals surface area contributed by atoms with Crippen molar-refractivity contribution in [3.05, 3.63) is 41.0 Å². The van der Waals surface area contributed by atoms with Gasteiger partial charge in [0.1, 0.15) is 5.84 Å². The largest absolute Gasteiger partial charge is 0.395 e. The smallest absolute Gasteiger partial charge is 0.109 e. The number of benzene rings is 1. The summed E-state index contributed by atoms with van der Waals surface area (Å²) in [7, 11) is 0. The molecule has 5 heteroatoms. The summed E-state index contributed by atoms with van der Waals surface area (Å²) >= 11 is 0. The molecule has 0 radical (unpaired) electrons. The third-order valence-corrected chi connectivity index (χ3v) is 8.03. The summed E-state index contributed by atoms with van der Waals surface area (Å²) in [6, 6.07) is 7.58. The van der Waals surface area contributed by atoms with Crippen molar-refractivity contribution in [1.82, 2.24) is 9.80 Å². The Morgan fingerprint density at radius 1 is 1.06 bits per heavy atom. The highest BCUT2D eigenvalue weighted by Crippen LogP contribution is 2.46. The van der Waals surface area contributed by atoms with Gasteiger partial charge in [-0.25, -0.2) is 4.99 Å². The van der Waals surface area contributed by atoms with Crippen LogP contribution in [0.25, 0.3) is 5.70 Å². The Bertz CT molecular complexity index is 872. The topological polar surface area (TPSA) is 65.1 Å². The predicted molar refractivity (Wildman–Crippen MR) is 134 cm³/mol. The summed E-state index contributed by atoms with van der Waals surface area (Å²) < 4.78 is 0. The number of piperidine rings is 1. The molecule has 0 aromatic heterocycles. The van der Waals surface area contributed by atoms with Crippen molar-refractivity contribution >= 4 is 11.5 Å². The second-order valence-corrected chi connectivity index (χ2v) is 11.1. The van der Waals surface area contributed by atoms with E-state index in [9.17, 15) is 5.11 Å². The number of hydrogen-bond donors (Lipinski definition) is 2. The van der Waals surface area contributed by atoms with Crippen molar-refractivity contribution in [2.24, 2.45) is 10.7 Å². The van der Waals surface area contributed by atoms with Crippen LogP contribution in [0.4, 0.5) is 0 Å². The number of aliphatic hydroxyl groups excluding tert-OH is 1. The summed E-state index contributed by atoms with van der Waals surface area (Å²) in [4.78, 5) is 9.91. The number of rotatable bonds is 6. The molecule has 1 aromatic carbocycles. The van der Waals surface area contributed by atoms with Crippen LogP contribution in [0.15, 0.2) is 29.3 Å². The normalized spacial score (nSPS) is 22.7.